The minimum Gasteiger partial charge on any atom is -0.493 e. The van der Waals surface area contributed by atoms with Crippen LogP contribution in [0.5, 0.6) is 5.75 Å². The normalized spacial score (nSPS) is 12.5. The van der Waals surface area contributed by atoms with Gasteiger partial charge in [-0.25, -0.2) is 0 Å². The van der Waals surface area contributed by atoms with Crippen LogP contribution in [0.3, 0.4) is 0 Å². The first-order chi connectivity index (χ1) is 7.65. The van der Waals surface area contributed by atoms with Gasteiger partial charge in [0.1, 0.15) is 5.75 Å². The molecule has 2 nitrogen and oxygen atoms in total. The van der Waals surface area contributed by atoms with E-state index in [1.54, 1.807) is 0 Å². The van der Waals surface area contributed by atoms with Crippen LogP contribution in [0.2, 0.25) is 5.02 Å². The molecule has 0 saturated heterocycles. The Bertz CT molecular complexity index is 326. The van der Waals surface area contributed by atoms with Gasteiger partial charge in [-0.2, -0.15) is 0 Å². The summed E-state index contributed by atoms with van der Waals surface area (Å²) in [6.07, 6.45) is 2.94. The molecule has 0 aromatic heterocycles. The fourth-order valence-electron chi connectivity index (χ4n) is 1.52. The van der Waals surface area contributed by atoms with Gasteiger partial charge in [-0.05, 0) is 31.9 Å². The molecule has 0 bridgehead atoms. The third-order valence-corrected chi connectivity index (χ3v) is 2.71. The minimum atomic E-state index is 0.0911. The number of rotatable bonds is 6. The molecule has 1 aromatic carbocycles. The average Bonchev–Trinajstić information content (AvgIpc) is 2.23. The number of hydrogen-bond donors (Lipinski definition) is 1. The summed E-state index contributed by atoms with van der Waals surface area (Å²) in [5.41, 5.74) is 6.83. The summed E-state index contributed by atoms with van der Waals surface area (Å²) in [6.45, 7) is 4.85. The van der Waals surface area contributed by atoms with Crippen molar-refractivity contribution in [3.05, 3.63) is 28.8 Å². The van der Waals surface area contributed by atoms with E-state index in [2.05, 4.69) is 6.92 Å². The van der Waals surface area contributed by atoms with Crippen LogP contribution in [0, 0.1) is 0 Å². The SMILES string of the molecule is CCCCOc1cccc(Cl)c1CC(C)N. The van der Waals surface area contributed by atoms with Gasteiger partial charge in [0.15, 0.2) is 0 Å². The first-order valence-corrected chi connectivity index (χ1v) is 6.18. The number of nitrogens with two attached hydrogens (primary N) is 1. The quantitative estimate of drug-likeness (QED) is 0.775. The second-order valence-electron chi connectivity index (χ2n) is 4.10. The van der Waals surface area contributed by atoms with E-state index < -0.39 is 0 Å². The van der Waals surface area contributed by atoms with Crippen LogP contribution in [0.25, 0.3) is 0 Å². The zero-order valence-electron chi connectivity index (χ0n) is 10.0. The molecule has 0 aliphatic rings. The molecule has 0 aliphatic carbocycles. The molecule has 1 rings (SSSR count). The van der Waals surface area contributed by atoms with E-state index in [-0.39, 0.29) is 6.04 Å². The van der Waals surface area contributed by atoms with E-state index in [9.17, 15) is 0 Å². The number of hydrogen-bond acceptors (Lipinski definition) is 2. The van der Waals surface area contributed by atoms with E-state index in [0.717, 1.165) is 42.2 Å². The van der Waals surface area contributed by atoms with Crippen molar-refractivity contribution in [2.45, 2.75) is 39.2 Å². The number of benzene rings is 1. The van der Waals surface area contributed by atoms with Crippen molar-refractivity contribution in [2.24, 2.45) is 5.73 Å². The molecular formula is C13H20ClNO. The fourth-order valence-corrected chi connectivity index (χ4v) is 1.76. The summed E-state index contributed by atoms with van der Waals surface area (Å²) in [5.74, 6) is 0.873. The summed E-state index contributed by atoms with van der Waals surface area (Å²) in [7, 11) is 0. The lowest BCUT2D eigenvalue weighted by Crippen LogP contribution is -2.18. The van der Waals surface area contributed by atoms with E-state index in [1.807, 2.05) is 25.1 Å². The van der Waals surface area contributed by atoms with Crippen LogP contribution in [0.15, 0.2) is 18.2 Å². The van der Waals surface area contributed by atoms with Crippen molar-refractivity contribution in [1.82, 2.24) is 0 Å². The van der Waals surface area contributed by atoms with Crippen LogP contribution < -0.4 is 10.5 Å². The lowest BCUT2D eigenvalue weighted by molar-refractivity contribution is 0.306. The zero-order valence-corrected chi connectivity index (χ0v) is 10.8. The average molecular weight is 242 g/mol. The summed E-state index contributed by atoms with van der Waals surface area (Å²) >= 11 is 6.15. The Morgan fingerprint density at radius 1 is 1.44 bits per heavy atom. The fraction of sp³-hybridized carbons (Fsp3) is 0.538. The first kappa shape index (κ1) is 13.3. The molecular weight excluding hydrogens is 222 g/mol. The lowest BCUT2D eigenvalue weighted by Gasteiger charge is -2.14. The molecule has 1 unspecified atom stereocenters. The van der Waals surface area contributed by atoms with E-state index in [1.165, 1.54) is 0 Å². The Labute approximate surface area is 103 Å². The van der Waals surface area contributed by atoms with Gasteiger partial charge in [0.2, 0.25) is 0 Å². The highest BCUT2D eigenvalue weighted by atomic mass is 35.5. The molecule has 0 radical (unpaired) electrons. The zero-order chi connectivity index (χ0) is 12.0. The van der Waals surface area contributed by atoms with Crippen molar-refractivity contribution in [3.8, 4) is 5.75 Å². The summed E-state index contributed by atoms with van der Waals surface area (Å²) in [4.78, 5) is 0. The van der Waals surface area contributed by atoms with E-state index >= 15 is 0 Å². The third-order valence-electron chi connectivity index (χ3n) is 2.36. The van der Waals surface area contributed by atoms with Gasteiger partial charge in [-0.3, -0.25) is 0 Å². The molecule has 3 heteroatoms. The van der Waals surface area contributed by atoms with Gasteiger partial charge in [-0.1, -0.05) is 31.0 Å². The van der Waals surface area contributed by atoms with Crippen LogP contribution in [-0.2, 0) is 6.42 Å². The van der Waals surface area contributed by atoms with Crippen LogP contribution in [-0.4, -0.2) is 12.6 Å². The maximum absolute atomic E-state index is 6.15. The summed E-state index contributed by atoms with van der Waals surface area (Å²) < 4.78 is 5.72. The standard InChI is InChI=1S/C13H20ClNO/c1-3-4-8-16-13-7-5-6-12(14)11(13)9-10(2)15/h5-7,10H,3-4,8-9,15H2,1-2H3. The van der Waals surface area contributed by atoms with Crippen LogP contribution in [0.4, 0.5) is 0 Å². The Hall–Kier alpha value is -0.730. The predicted octanol–water partition coefficient (Wildman–Crippen LogP) is 3.41. The van der Waals surface area contributed by atoms with E-state index in [4.69, 9.17) is 22.1 Å². The van der Waals surface area contributed by atoms with Gasteiger partial charge >= 0.3 is 0 Å². The van der Waals surface area contributed by atoms with Crippen molar-refractivity contribution in [3.63, 3.8) is 0 Å². The molecule has 0 amide bonds. The van der Waals surface area contributed by atoms with Crippen molar-refractivity contribution >= 4 is 11.6 Å². The molecule has 16 heavy (non-hydrogen) atoms. The lowest BCUT2D eigenvalue weighted by atomic mass is 10.1. The van der Waals surface area contributed by atoms with E-state index in [0.29, 0.717) is 0 Å². The molecule has 0 heterocycles. The Morgan fingerprint density at radius 3 is 2.81 bits per heavy atom. The highest BCUT2D eigenvalue weighted by Crippen LogP contribution is 2.27. The molecule has 0 saturated carbocycles. The molecule has 2 N–H and O–H groups in total. The summed E-state index contributed by atoms with van der Waals surface area (Å²) in [5, 5.41) is 0.742. The predicted molar refractivity (Wildman–Crippen MR) is 69.2 cm³/mol. The third kappa shape index (κ3) is 4.03. The molecule has 1 aromatic rings. The topological polar surface area (TPSA) is 35.2 Å². The maximum Gasteiger partial charge on any atom is 0.124 e. The second kappa shape index (κ2) is 6.77. The van der Waals surface area contributed by atoms with Gasteiger partial charge in [-0.15, -0.1) is 0 Å². The first-order valence-electron chi connectivity index (χ1n) is 5.81. The highest BCUT2D eigenvalue weighted by molar-refractivity contribution is 6.31. The summed E-state index contributed by atoms with van der Waals surface area (Å²) in [6, 6.07) is 5.84. The molecule has 0 fully saturated rings. The van der Waals surface area contributed by atoms with Crippen LogP contribution >= 0.6 is 11.6 Å². The number of ether oxygens (including phenoxy) is 1. The molecule has 90 valence electrons. The van der Waals surface area contributed by atoms with Crippen molar-refractivity contribution < 1.29 is 4.74 Å². The monoisotopic (exact) mass is 241 g/mol. The smallest absolute Gasteiger partial charge is 0.124 e. The molecule has 1 atom stereocenters. The van der Waals surface area contributed by atoms with Gasteiger partial charge in [0.25, 0.3) is 0 Å². The highest BCUT2D eigenvalue weighted by Gasteiger charge is 2.09. The van der Waals surface area contributed by atoms with Gasteiger partial charge in [0.05, 0.1) is 6.61 Å². The molecule has 0 spiro atoms. The van der Waals surface area contributed by atoms with Crippen LogP contribution in [0.1, 0.15) is 32.3 Å². The Kier molecular flexibility index (Phi) is 5.64. The number of halogens is 1. The van der Waals surface area contributed by atoms with Gasteiger partial charge < -0.3 is 10.5 Å². The van der Waals surface area contributed by atoms with Gasteiger partial charge in [0, 0.05) is 16.6 Å². The number of unbranched alkanes of at least 4 members (excludes halogenated alkanes) is 1. The van der Waals surface area contributed by atoms with Crippen molar-refractivity contribution in [1.29, 1.82) is 0 Å². The largest absolute Gasteiger partial charge is 0.493 e. The Morgan fingerprint density at radius 2 is 2.19 bits per heavy atom. The Balaban J connectivity index is 2.76. The van der Waals surface area contributed by atoms with Crippen molar-refractivity contribution in [2.75, 3.05) is 6.61 Å². The maximum atomic E-state index is 6.15. The molecule has 0 aliphatic heterocycles. The second-order valence-corrected chi connectivity index (χ2v) is 4.51. The minimum absolute atomic E-state index is 0.0911.